The zero-order chi connectivity index (χ0) is 17.4. The smallest absolute Gasteiger partial charge is 0.156 e. The summed E-state index contributed by atoms with van der Waals surface area (Å²) in [6, 6.07) is 6.10. The predicted molar refractivity (Wildman–Crippen MR) is 98.2 cm³/mol. The van der Waals surface area contributed by atoms with Crippen molar-refractivity contribution in [3.05, 3.63) is 24.5 Å². The number of fused-ring (bicyclic) bond motifs is 1. The molecule has 5 N–H and O–H groups in total. The number of H-pyrrole nitrogens is 1. The molecular formula is C17H21N7O. The van der Waals surface area contributed by atoms with Gasteiger partial charge in [0.05, 0.1) is 30.5 Å². The van der Waals surface area contributed by atoms with Gasteiger partial charge in [0.1, 0.15) is 12.0 Å². The fraction of sp³-hybridized carbons (Fsp3) is 0.353. The Hall–Kier alpha value is -2.87. The molecule has 1 atom stereocenters. The van der Waals surface area contributed by atoms with Gasteiger partial charge < -0.3 is 21.1 Å². The van der Waals surface area contributed by atoms with E-state index in [0.717, 1.165) is 35.2 Å². The largest absolute Gasteiger partial charge is 0.394 e. The van der Waals surface area contributed by atoms with Gasteiger partial charge in [-0.1, -0.05) is 13.0 Å². The second-order valence-corrected chi connectivity index (χ2v) is 6.16. The molecule has 0 saturated carbocycles. The Kier molecular flexibility index (Phi) is 3.89. The number of aromatic nitrogens is 4. The average Bonchev–Trinajstić information content (AvgIpc) is 3.02. The van der Waals surface area contributed by atoms with Crippen LogP contribution < -0.4 is 16.4 Å². The van der Waals surface area contributed by atoms with E-state index in [4.69, 9.17) is 16.2 Å². The number of ether oxygens (including phenoxy) is 1. The molecule has 3 aromatic rings. The lowest BCUT2D eigenvalue weighted by atomic mass is 10.1. The second kappa shape index (κ2) is 6.21. The summed E-state index contributed by atoms with van der Waals surface area (Å²) in [5.74, 6) is 1.25. The van der Waals surface area contributed by atoms with Crippen LogP contribution in [0.1, 0.15) is 13.3 Å². The SMILES string of the molecule is CC[C@@H]1COCCN1c1ncnc(-c2ccc3c(N)n[nH]c3c2)c1N. The van der Waals surface area contributed by atoms with E-state index in [1.54, 1.807) is 6.33 Å². The van der Waals surface area contributed by atoms with Gasteiger partial charge in [-0.15, -0.1) is 0 Å². The maximum absolute atomic E-state index is 6.45. The monoisotopic (exact) mass is 339 g/mol. The van der Waals surface area contributed by atoms with E-state index in [1.165, 1.54) is 0 Å². The van der Waals surface area contributed by atoms with Gasteiger partial charge in [-0.2, -0.15) is 5.10 Å². The molecule has 1 aliphatic heterocycles. The summed E-state index contributed by atoms with van der Waals surface area (Å²) in [5.41, 5.74) is 15.3. The van der Waals surface area contributed by atoms with Crippen molar-refractivity contribution in [3.8, 4) is 11.3 Å². The average molecular weight is 339 g/mol. The van der Waals surface area contributed by atoms with Gasteiger partial charge in [0.2, 0.25) is 0 Å². The molecule has 0 aliphatic carbocycles. The van der Waals surface area contributed by atoms with E-state index in [0.29, 0.717) is 30.4 Å². The molecule has 8 nitrogen and oxygen atoms in total. The van der Waals surface area contributed by atoms with Crippen molar-refractivity contribution in [1.29, 1.82) is 0 Å². The third-order valence-corrected chi connectivity index (χ3v) is 4.70. The first-order chi connectivity index (χ1) is 12.2. The number of nitrogen functional groups attached to an aromatic ring is 2. The summed E-state index contributed by atoms with van der Waals surface area (Å²) >= 11 is 0. The lowest BCUT2D eigenvalue weighted by Gasteiger charge is -2.36. The quantitative estimate of drug-likeness (QED) is 0.665. The van der Waals surface area contributed by atoms with Gasteiger partial charge in [0.25, 0.3) is 0 Å². The van der Waals surface area contributed by atoms with E-state index in [1.807, 2.05) is 18.2 Å². The van der Waals surface area contributed by atoms with E-state index >= 15 is 0 Å². The molecule has 1 fully saturated rings. The van der Waals surface area contributed by atoms with Gasteiger partial charge in [-0.05, 0) is 18.6 Å². The van der Waals surface area contributed by atoms with Crippen molar-refractivity contribution in [2.24, 2.45) is 0 Å². The highest BCUT2D eigenvalue weighted by Gasteiger charge is 2.25. The molecule has 1 aromatic carbocycles. The summed E-state index contributed by atoms with van der Waals surface area (Å²) in [4.78, 5) is 11.1. The first-order valence-electron chi connectivity index (χ1n) is 8.38. The number of nitrogens with one attached hydrogen (secondary N) is 1. The Bertz CT molecular complexity index is 907. The first kappa shape index (κ1) is 15.6. The molecule has 0 bridgehead atoms. The van der Waals surface area contributed by atoms with Crippen molar-refractivity contribution < 1.29 is 4.74 Å². The Labute approximate surface area is 145 Å². The summed E-state index contributed by atoms with van der Waals surface area (Å²) in [5, 5.41) is 7.84. The van der Waals surface area contributed by atoms with Gasteiger partial charge in [-0.3, -0.25) is 5.10 Å². The van der Waals surface area contributed by atoms with Crippen LogP contribution in [0.15, 0.2) is 24.5 Å². The minimum absolute atomic E-state index is 0.272. The number of morpholine rings is 1. The Morgan fingerprint density at radius 3 is 3.04 bits per heavy atom. The number of nitrogens with zero attached hydrogens (tertiary/aromatic N) is 4. The molecule has 0 unspecified atom stereocenters. The summed E-state index contributed by atoms with van der Waals surface area (Å²) in [7, 11) is 0. The third kappa shape index (κ3) is 2.64. The van der Waals surface area contributed by atoms with Crippen molar-refractivity contribution in [3.63, 3.8) is 0 Å². The van der Waals surface area contributed by atoms with Gasteiger partial charge in [0, 0.05) is 17.5 Å². The molecule has 0 amide bonds. The molecule has 1 aliphatic rings. The Morgan fingerprint density at radius 2 is 2.20 bits per heavy atom. The third-order valence-electron chi connectivity index (χ3n) is 4.70. The highest BCUT2D eigenvalue weighted by molar-refractivity contribution is 5.93. The first-order valence-corrected chi connectivity index (χ1v) is 8.38. The van der Waals surface area contributed by atoms with Gasteiger partial charge in [-0.25, -0.2) is 9.97 Å². The summed E-state index contributed by atoms with van der Waals surface area (Å²) in [6.07, 6.45) is 2.53. The van der Waals surface area contributed by atoms with E-state index in [2.05, 4.69) is 32.0 Å². The Morgan fingerprint density at radius 1 is 1.32 bits per heavy atom. The van der Waals surface area contributed by atoms with Crippen LogP contribution in [0.4, 0.5) is 17.3 Å². The maximum atomic E-state index is 6.45. The van der Waals surface area contributed by atoms with Crippen LogP contribution in [-0.2, 0) is 4.74 Å². The number of aromatic amines is 1. The van der Waals surface area contributed by atoms with Crippen molar-refractivity contribution in [1.82, 2.24) is 20.2 Å². The predicted octanol–water partition coefficient (Wildman–Crippen LogP) is 1.80. The lowest BCUT2D eigenvalue weighted by molar-refractivity contribution is 0.0926. The molecular weight excluding hydrogens is 318 g/mol. The van der Waals surface area contributed by atoms with E-state index in [9.17, 15) is 0 Å². The van der Waals surface area contributed by atoms with Crippen molar-refractivity contribution in [2.45, 2.75) is 19.4 Å². The standard InChI is InChI=1S/C17H21N7O/c1-2-11-8-25-6-5-24(11)17-14(18)15(20-9-21-17)10-3-4-12-13(7-10)22-23-16(12)19/h3-4,7,9,11H,2,5-6,8,18H2,1H3,(H3,19,22,23)/t11-/m1/s1. The fourth-order valence-corrected chi connectivity index (χ4v) is 3.31. The van der Waals surface area contributed by atoms with E-state index < -0.39 is 0 Å². The number of rotatable bonds is 3. The number of hydrogen-bond donors (Lipinski definition) is 3. The normalized spacial score (nSPS) is 18.0. The minimum atomic E-state index is 0.272. The second-order valence-electron chi connectivity index (χ2n) is 6.16. The molecule has 0 spiro atoms. The fourth-order valence-electron chi connectivity index (χ4n) is 3.31. The molecule has 8 heteroatoms. The molecule has 2 aromatic heterocycles. The zero-order valence-electron chi connectivity index (χ0n) is 14.1. The molecule has 3 heterocycles. The number of anilines is 3. The van der Waals surface area contributed by atoms with Crippen LogP contribution in [-0.4, -0.2) is 46.0 Å². The lowest BCUT2D eigenvalue weighted by Crippen LogP contribution is -2.46. The number of nitrogens with two attached hydrogens (primary N) is 2. The number of benzene rings is 1. The van der Waals surface area contributed by atoms with Gasteiger partial charge in [0.15, 0.2) is 11.6 Å². The van der Waals surface area contributed by atoms with Gasteiger partial charge >= 0.3 is 0 Å². The Balaban J connectivity index is 1.77. The topological polar surface area (TPSA) is 119 Å². The zero-order valence-corrected chi connectivity index (χ0v) is 14.1. The highest BCUT2D eigenvalue weighted by Crippen LogP contribution is 2.33. The van der Waals surface area contributed by atoms with Crippen molar-refractivity contribution in [2.75, 3.05) is 36.1 Å². The summed E-state index contributed by atoms with van der Waals surface area (Å²) in [6.45, 7) is 4.28. The summed E-state index contributed by atoms with van der Waals surface area (Å²) < 4.78 is 5.58. The maximum Gasteiger partial charge on any atom is 0.156 e. The van der Waals surface area contributed by atoms with Crippen LogP contribution in [0.3, 0.4) is 0 Å². The van der Waals surface area contributed by atoms with Crippen molar-refractivity contribution >= 4 is 28.2 Å². The molecule has 130 valence electrons. The highest BCUT2D eigenvalue weighted by atomic mass is 16.5. The molecule has 4 rings (SSSR count). The van der Waals surface area contributed by atoms with Crippen LogP contribution in [0.25, 0.3) is 22.2 Å². The minimum Gasteiger partial charge on any atom is -0.394 e. The van der Waals surface area contributed by atoms with Crippen LogP contribution >= 0.6 is 0 Å². The van der Waals surface area contributed by atoms with Crippen LogP contribution in [0.2, 0.25) is 0 Å². The van der Waals surface area contributed by atoms with Crippen LogP contribution in [0.5, 0.6) is 0 Å². The van der Waals surface area contributed by atoms with E-state index in [-0.39, 0.29) is 6.04 Å². The van der Waals surface area contributed by atoms with Crippen LogP contribution in [0, 0.1) is 0 Å². The molecule has 1 saturated heterocycles. The molecule has 25 heavy (non-hydrogen) atoms. The number of hydrogen-bond acceptors (Lipinski definition) is 7. The molecule has 0 radical (unpaired) electrons.